The summed E-state index contributed by atoms with van der Waals surface area (Å²) in [5.41, 5.74) is 15.4. The number of carbonyl (C=O) groups excluding carboxylic acids is 6. The van der Waals surface area contributed by atoms with Gasteiger partial charge in [-0.05, 0) is 37.1 Å². The monoisotopic (exact) mass is 536 g/mol. The van der Waals surface area contributed by atoms with Gasteiger partial charge in [-0.3, -0.25) is 39.4 Å². The van der Waals surface area contributed by atoms with Crippen molar-refractivity contribution < 1.29 is 34.2 Å². The normalized spacial score (nSPS) is 21.8. The average molecular weight is 537 g/mol. The highest BCUT2D eigenvalue weighted by Crippen LogP contribution is 2.32. The predicted molar refractivity (Wildman–Crippen MR) is 137 cm³/mol. The molecule has 6 amide bonds. The Balaban J connectivity index is 0.000000176. The Kier molecular flexibility index (Phi) is 7.36. The van der Waals surface area contributed by atoms with Crippen LogP contribution in [0.25, 0.3) is 0 Å². The molecular weight excluding hydrogens is 508 g/mol. The largest absolute Gasteiger partial charge is 0.412 e. The molecule has 0 aliphatic carbocycles. The number of nitrogens with two attached hydrogens (primary N) is 2. The molecule has 0 spiro atoms. The Morgan fingerprint density at radius 3 is 1.36 bits per heavy atom. The van der Waals surface area contributed by atoms with Crippen LogP contribution in [0.3, 0.4) is 0 Å². The van der Waals surface area contributed by atoms with E-state index in [1.54, 1.807) is 36.4 Å². The molecule has 4 aliphatic heterocycles. The van der Waals surface area contributed by atoms with Gasteiger partial charge in [0, 0.05) is 59.6 Å². The third-order valence-electron chi connectivity index (χ3n) is 7.24. The van der Waals surface area contributed by atoms with Gasteiger partial charge in [-0.1, -0.05) is 12.1 Å². The van der Waals surface area contributed by atoms with Crippen LogP contribution in [-0.2, 0) is 32.3 Å². The molecule has 13 heteroatoms. The molecule has 0 saturated carbocycles. The first kappa shape index (κ1) is 27.3. The van der Waals surface area contributed by atoms with E-state index < -0.39 is 23.9 Å². The van der Waals surface area contributed by atoms with Crippen LogP contribution >= 0.6 is 0 Å². The molecule has 4 heterocycles. The Bertz CT molecular complexity index is 1300. The van der Waals surface area contributed by atoms with Crippen LogP contribution in [0.5, 0.6) is 0 Å². The Morgan fingerprint density at radius 2 is 1.03 bits per heavy atom. The minimum Gasteiger partial charge on any atom is -0.412 e. The van der Waals surface area contributed by atoms with Crippen LogP contribution < -0.4 is 22.1 Å². The summed E-state index contributed by atoms with van der Waals surface area (Å²) < 4.78 is 0. The second-order valence-electron chi connectivity index (χ2n) is 9.55. The molecule has 2 fully saturated rings. The van der Waals surface area contributed by atoms with E-state index in [2.05, 4.69) is 10.6 Å². The van der Waals surface area contributed by atoms with E-state index in [0.717, 1.165) is 11.1 Å². The van der Waals surface area contributed by atoms with Crippen molar-refractivity contribution in [1.82, 2.24) is 20.4 Å². The number of piperidine rings is 2. The maximum Gasteiger partial charge on any atom is 0.255 e. The molecule has 0 aromatic heterocycles. The van der Waals surface area contributed by atoms with Gasteiger partial charge in [-0.25, -0.2) is 0 Å². The standard InChI is InChI=1S/2C13H13N3O3.H2O/c2*14-9-3-1-2-7-8(9)6-16(13(7)19)10-4-5-11(17)15-12(10)18;/h2*1-3,10H,4-6,14H2,(H,15,17,18);1H2. The van der Waals surface area contributed by atoms with Gasteiger partial charge in [-0.2, -0.15) is 0 Å². The Hall–Kier alpha value is -4.78. The lowest BCUT2D eigenvalue weighted by Gasteiger charge is -2.29. The molecular formula is C26H28N6O7. The minimum absolute atomic E-state index is 0. The summed E-state index contributed by atoms with van der Waals surface area (Å²) in [4.78, 5) is 73.4. The van der Waals surface area contributed by atoms with Crippen molar-refractivity contribution in [1.29, 1.82) is 0 Å². The molecule has 204 valence electrons. The topological polar surface area (TPSA) is 216 Å². The number of benzene rings is 2. The summed E-state index contributed by atoms with van der Waals surface area (Å²) >= 11 is 0. The number of nitrogens with one attached hydrogen (secondary N) is 2. The van der Waals surface area contributed by atoms with Gasteiger partial charge < -0.3 is 26.7 Å². The number of amides is 6. The second-order valence-corrected chi connectivity index (χ2v) is 9.55. The van der Waals surface area contributed by atoms with E-state index >= 15 is 0 Å². The van der Waals surface area contributed by atoms with Gasteiger partial charge in [0.15, 0.2) is 0 Å². The molecule has 0 radical (unpaired) electrons. The molecule has 4 aliphatic rings. The number of nitrogen functional groups attached to an aromatic ring is 2. The fourth-order valence-electron chi connectivity index (χ4n) is 5.22. The van der Waals surface area contributed by atoms with E-state index in [9.17, 15) is 28.8 Å². The lowest BCUT2D eigenvalue weighted by atomic mass is 10.0. The van der Waals surface area contributed by atoms with Crippen LogP contribution in [0.1, 0.15) is 57.5 Å². The van der Waals surface area contributed by atoms with E-state index in [-0.39, 0.29) is 41.9 Å². The number of fused-ring (bicyclic) bond motifs is 2. The molecule has 0 bridgehead atoms. The number of imide groups is 2. The molecule has 2 aromatic carbocycles. The SMILES string of the molecule is Nc1cccc2c1CN(C1CCC(=O)NC1=O)C2=O.Nc1cccc2c1CN(C1CCC(=O)NC1=O)C2=O.O. The summed E-state index contributed by atoms with van der Waals surface area (Å²) in [5.74, 6) is -1.78. The van der Waals surface area contributed by atoms with Crippen molar-refractivity contribution in [3.05, 3.63) is 58.7 Å². The van der Waals surface area contributed by atoms with Crippen LogP contribution in [0.15, 0.2) is 36.4 Å². The average Bonchev–Trinajstić information content (AvgIpc) is 3.39. The molecule has 6 rings (SSSR count). The number of nitrogens with zero attached hydrogens (tertiary/aromatic N) is 2. The van der Waals surface area contributed by atoms with Crippen LogP contribution in [0, 0.1) is 0 Å². The lowest BCUT2D eigenvalue weighted by Crippen LogP contribution is -2.52. The first-order valence-electron chi connectivity index (χ1n) is 12.2. The van der Waals surface area contributed by atoms with Gasteiger partial charge in [0.05, 0.1) is 0 Å². The fourth-order valence-corrected chi connectivity index (χ4v) is 5.22. The van der Waals surface area contributed by atoms with Crippen molar-refractivity contribution in [2.45, 2.75) is 50.9 Å². The maximum atomic E-state index is 12.3. The predicted octanol–water partition coefficient (Wildman–Crippen LogP) is -0.765. The highest BCUT2D eigenvalue weighted by Gasteiger charge is 2.40. The van der Waals surface area contributed by atoms with E-state index in [4.69, 9.17) is 11.5 Å². The summed E-state index contributed by atoms with van der Waals surface area (Å²) in [5, 5.41) is 4.53. The zero-order valence-electron chi connectivity index (χ0n) is 20.9. The summed E-state index contributed by atoms with van der Waals surface area (Å²) in [6.45, 7) is 0.653. The quantitative estimate of drug-likeness (QED) is 0.282. The summed E-state index contributed by atoms with van der Waals surface area (Å²) in [6.07, 6.45) is 1.24. The van der Waals surface area contributed by atoms with Crippen LogP contribution in [-0.4, -0.2) is 62.8 Å². The van der Waals surface area contributed by atoms with Crippen molar-refractivity contribution in [2.24, 2.45) is 0 Å². The molecule has 2 atom stereocenters. The zero-order chi connectivity index (χ0) is 27.1. The van der Waals surface area contributed by atoms with E-state index in [0.29, 0.717) is 48.4 Å². The van der Waals surface area contributed by atoms with Gasteiger partial charge >= 0.3 is 0 Å². The third kappa shape index (κ3) is 4.91. The molecule has 8 N–H and O–H groups in total. The van der Waals surface area contributed by atoms with Gasteiger partial charge in [-0.15, -0.1) is 0 Å². The number of rotatable bonds is 2. The number of anilines is 2. The fraction of sp³-hybridized carbons (Fsp3) is 0.308. The van der Waals surface area contributed by atoms with E-state index in [1.165, 1.54) is 9.80 Å². The smallest absolute Gasteiger partial charge is 0.255 e. The van der Waals surface area contributed by atoms with Crippen molar-refractivity contribution in [2.75, 3.05) is 11.5 Å². The van der Waals surface area contributed by atoms with Crippen molar-refractivity contribution in [3.8, 4) is 0 Å². The molecule has 13 nitrogen and oxygen atoms in total. The Morgan fingerprint density at radius 1 is 0.641 bits per heavy atom. The van der Waals surface area contributed by atoms with Gasteiger partial charge in [0.1, 0.15) is 12.1 Å². The first-order valence-corrected chi connectivity index (χ1v) is 12.2. The van der Waals surface area contributed by atoms with Crippen molar-refractivity contribution in [3.63, 3.8) is 0 Å². The number of carbonyl (C=O) groups is 6. The number of hydrogen-bond acceptors (Lipinski definition) is 8. The zero-order valence-corrected chi connectivity index (χ0v) is 20.9. The van der Waals surface area contributed by atoms with Crippen LogP contribution in [0.4, 0.5) is 11.4 Å². The molecule has 39 heavy (non-hydrogen) atoms. The third-order valence-corrected chi connectivity index (χ3v) is 7.24. The first-order chi connectivity index (χ1) is 18.2. The second kappa shape index (κ2) is 10.5. The summed E-state index contributed by atoms with van der Waals surface area (Å²) in [6, 6.07) is 9.16. The van der Waals surface area contributed by atoms with Gasteiger partial charge in [0.25, 0.3) is 11.8 Å². The minimum atomic E-state index is -0.586. The van der Waals surface area contributed by atoms with Crippen LogP contribution in [0.2, 0.25) is 0 Å². The summed E-state index contributed by atoms with van der Waals surface area (Å²) in [7, 11) is 0. The molecule has 2 unspecified atom stereocenters. The lowest BCUT2D eigenvalue weighted by molar-refractivity contribution is -0.138. The highest BCUT2D eigenvalue weighted by atomic mass is 16.2. The number of hydrogen-bond donors (Lipinski definition) is 4. The highest BCUT2D eigenvalue weighted by molar-refractivity contribution is 6.07. The van der Waals surface area contributed by atoms with Gasteiger partial charge in [0.2, 0.25) is 23.6 Å². The molecule has 2 aromatic rings. The molecule has 2 saturated heterocycles. The van der Waals surface area contributed by atoms with E-state index in [1.807, 2.05) is 0 Å². The Labute approximate surface area is 222 Å². The maximum absolute atomic E-state index is 12.3. The van der Waals surface area contributed by atoms with Crippen molar-refractivity contribution >= 4 is 46.8 Å².